The van der Waals surface area contributed by atoms with Crippen molar-refractivity contribution < 1.29 is 4.74 Å². The van der Waals surface area contributed by atoms with E-state index >= 15 is 0 Å². The van der Waals surface area contributed by atoms with Crippen LogP contribution in [0.1, 0.15) is 13.3 Å². The van der Waals surface area contributed by atoms with Crippen LogP contribution in [0, 0.1) is 0 Å². The highest BCUT2D eigenvalue weighted by atomic mass is 16.5. The SMILES string of the molecule is CCCOc1ccc(-c2c3ccccc3nc3ccccc23)cc1. The van der Waals surface area contributed by atoms with Crippen LogP contribution in [0.3, 0.4) is 0 Å². The second-order valence-corrected chi connectivity index (χ2v) is 5.89. The minimum absolute atomic E-state index is 0.750. The molecule has 0 N–H and O–H groups in total. The molecule has 3 aromatic carbocycles. The predicted octanol–water partition coefficient (Wildman–Crippen LogP) is 5.84. The summed E-state index contributed by atoms with van der Waals surface area (Å²) < 4.78 is 5.71. The number of benzene rings is 3. The fourth-order valence-corrected chi connectivity index (χ4v) is 3.09. The second-order valence-electron chi connectivity index (χ2n) is 5.89. The molecule has 0 aliphatic carbocycles. The third-order valence-corrected chi connectivity index (χ3v) is 4.20. The summed E-state index contributed by atoms with van der Waals surface area (Å²) in [4.78, 5) is 4.80. The van der Waals surface area contributed by atoms with E-state index in [1.54, 1.807) is 0 Å². The molecule has 0 fully saturated rings. The quantitative estimate of drug-likeness (QED) is 0.441. The largest absolute Gasteiger partial charge is 0.494 e. The Kier molecular flexibility index (Phi) is 3.87. The molecule has 118 valence electrons. The number of pyridine rings is 1. The zero-order valence-corrected chi connectivity index (χ0v) is 13.7. The maximum atomic E-state index is 5.71. The van der Waals surface area contributed by atoms with Crippen molar-refractivity contribution in [1.82, 2.24) is 4.98 Å². The van der Waals surface area contributed by atoms with E-state index in [-0.39, 0.29) is 0 Å². The highest BCUT2D eigenvalue weighted by Gasteiger charge is 2.10. The molecule has 0 radical (unpaired) electrons. The van der Waals surface area contributed by atoms with Gasteiger partial charge in [-0.25, -0.2) is 4.98 Å². The molecular weight excluding hydrogens is 294 g/mol. The van der Waals surface area contributed by atoms with E-state index in [1.807, 2.05) is 12.1 Å². The minimum atomic E-state index is 0.750. The van der Waals surface area contributed by atoms with Crippen molar-refractivity contribution >= 4 is 21.8 Å². The third-order valence-electron chi connectivity index (χ3n) is 4.20. The average molecular weight is 313 g/mol. The minimum Gasteiger partial charge on any atom is -0.494 e. The third kappa shape index (κ3) is 2.61. The van der Waals surface area contributed by atoms with Gasteiger partial charge in [0.1, 0.15) is 5.75 Å². The first-order valence-corrected chi connectivity index (χ1v) is 8.37. The van der Waals surface area contributed by atoms with E-state index in [0.29, 0.717) is 0 Å². The Morgan fingerprint density at radius 2 is 1.33 bits per heavy atom. The van der Waals surface area contributed by atoms with Gasteiger partial charge in [-0.05, 0) is 36.2 Å². The lowest BCUT2D eigenvalue weighted by atomic mass is 9.96. The summed E-state index contributed by atoms with van der Waals surface area (Å²) in [5.74, 6) is 0.920. The number of nitrogens with zero attached hydrogens (tertiary/aromatic N) is 1. The maximum Gasteiger partial charge on any atom is 0.119 e. The summed E-state index contributed by atoms with van der Waals surface area (Å²) in [5.41, 5.74) is 4.47. The van der Waals surface area contributed by atoms with Crippen molar-refractivity contribution in [3.05, 3.63) is 72.8 Å². The van der Waals surface area contributed by atoms with Gasteiger partial charge < -0.3 is 4.74 Å². The Bertz CT molecular complexity index is 936. The van der Waals surface area contributed by atoms with Gasteiger partial charge in [0.15, 0.2) is 0 Å². The van der Waals surface area contributed by atoms with Crippen molar-refractivity contribution in [3.63, 3.8) is 0 Å². The smallest absolute Gasteiger partial charge is 0.119 e. The molecule has 0 atom stereocenters. The zero-order chi connectivity index (χ0) is 16.4. The number of hydrogen-bond acceptors (Lipinski definition) is 2. The molecule has 2 nitrogen and oxygen atoms in total. The highest BCUT2D eigenvalue weighted by Crippen LogP contribution is 2.35. The van der Waals surface area contributed by atoms with Crippen LogP contribution in [0.2, 0.25) is 0 Å². The van der Waals surface area contributed by atoms with E-state index in [4.69, 9.17) is 9.72 Å². The first-order valence-electron chi connectivity index (χ1n) is 8.37. The van der Waals surface area contributed by atoms with E-state index in [2.05, 4.69) is 67.6 Å². The summed E-state index contributed by atoms with van der Waals surface area (Å²) >= 11 is 0. The van der Waals surface area contributed by atoms with E-state index in [1.165, 1.54) is 21.9 Å². The normalized spacial score (nSPS) is 11.0. The van der Waals surface area contributed by atoms with Crippen LogP contribution in [0.15, 0.2) is 72.8 Å². The van der Waals surface area contributed by atoms with Crippen LogP contribution in [0.5, 0.6) is 5.75 Å². The number of ether oxygens (including phenoxy) is 1. The van der Waals surface area contributed by atoms with Crippen LogP contribution in [0.4, 0.5) is 0 Å². The van der Waals surface area contributed by atoms with E-state index < -0.39 is 0 Å². The van der Waals surface area contributed by atoms with Gasteiger partial charge in [0.2, 0.25) is 0 Å². The fraction of sp³-hybridized carbons (Fsp3) is 0.136. The number of para-hydroxylation sites is 2. The molecule has 0 aliphatic rings. The summed E-state index contributed by atoms with van der Waals surface area (Å²) in [6.45, 7) is 2.87. The molecular formula is C22H19NO. The van der Waals surface area contributed by atoms with E-state index in [0.717, 1.165) is 29.8 Å². The van der Waals surface area contributed by atoms with Crippen LogP contribution >= 0.6 is 0 Å². The Labute approximate surface area is 141 Å². The lowest BCUT2D eigenvalue weighted by molar-refractivity contribution is 0.317. The van der Waals surface area contributed by atoms with Gasteiger partial charge in [-0.1, -0.05) is 55.5 Å². The molecule has 2 heteroatoms. The Hall–Kier alpha value is -2.87. The molecule has 0 unspecified atom stereocenters. The predicted molar refractivity (Wildman–Crippen MR) is 100 cm³/mol. The molecule has 0 bridgehead atoms. The van der Waals surface area contributed by atoms with Crippen LogP contribution in [-0.2, 0) is 0 Å². The molecule has 0 saturated heterocycles. The number of fused-ring (bicyclic) bond motifs is 2. The van der Waals surface area contributed by atoms with Crippen molar-refractivity contribution in [2.45, 2.75) is 13.3 Å². The summed E-state index contributed by atoms with van der Waals surface area (Å²) in [7, 11) is 0. The van der Waals surface area contributed by atoms with Gasteiger partial charge >= 0.3 is 0 Å². The van der Waals surface area contributed by atoms with Crippen molar-refractivity contribution in [2.75, 3.05) is 6.61 Å². The lowest BCUT2D eigenvalue weighted by Crippen LogP contribution is -1.94. The number of hydrogen-bond donors (Lipinski definition) is 0. The van der Waals surface area contributed by atoms with E-state index in [9.17, 15) is 0 Å². The van der Waals surface area contributed by atoms with Crippen molar-refractivity contribution in [1.29, 1.82) is 0 Å². The monoisotopic (exact) mass is 313 g/mol. The molecule has 24 heavy (non-hydrogen) atoms. The zero-order valence-electron chi connectivity index (χ0n) is 13.7. The topological polar surface area (TPSA) is 22.1 Å². The molecule has 1 aromatic heterocycles. The van der Waals surface area contributed by atoms with Gasteiger partial charge in [0.25, 0.3) is 0 Å². The molecule has 4 aromatic rings. The van der Waals surface area contributed by atoms with Gasteiger partial charge in [-0.2, -0.15) is 0 Å². The summed E-state index contributed by atoms with van der Waals surface area (Å²) in [5, 5.41) is 2.36. The summed E-state index contributed by atoms with van der Waals surface area (Å²) in [6.07, 6.45) is 1.02. The standard InChI is InChI=1S/C22H19NO/c1-2-15-24-17-13-11-16(12-14-17)22-18-7-3-5-9-20(18)23-21-10-6-4-8-19(21)22/h3-14H,2,15H2,1H3. The molecule has 1 heterocycles. The highest BCUT2D eigenvalue weighted by molar-refractivity contribution is 6.09. The Balaban J connectivity index is 1.93. The summed E-state index contributed by atoms with van der Waals surface area (Å²) in [6, 6.07) is 25.0. The lowest BCUT2D eigenvalue weighted by Gasteiger charge is -2.12. The molecule has 0 saturated carbocycles. The molecule has 4 rings (SSSR count). The van der Waals surface area contributed by atoms with Gasteiger partial charge in [0.05, 0.1) is 17.6 Å². The first kappa shape index (κ1) is 14.7. The Morgan fingerprint density at radius 1 is 0.750 bits per heavy atom. The van der Waals surface area contributed by atoms with Gasteiger partial charge in [-0.3, -0.25) is 0 Å². The van der Waals surface area contributed by atoms with Crippen molar-refractivity contribution in [2.24, 2.45) is 0 Å². The Morgan fingerprint density at radius 3 is 1.92 bits per heavy atom. The van der Waals surface area contributed by atoms with Crippen molar-refractivity contribution in [3.8, 4) is 16.9 Å². The van der Waals surface area contributed by atoms with Crippen LogP contribution < -0.4 is 4.74 Å². The van der Waals surface area contributed by atoms with Crippen LogP contribution in [-0.4, -0.2) is 11.6 Å². The van der Waals surface area contributed by atoms with Gasteiger partial charge in [0, 0.05) is 16.3 Å². The average Bonchev–Trinajstić information content (AvgIpc) is 2.65. The molecule has 0 spiro atoms. The first-order chi connectivity index (χ1) is 11.9. The number of rotatable bonds is 4. The van der Waals surface area contributed by atoms with Gasteiger partial charge in [-0.15, -0.1) is 0 Å². The van der Waals surface area contributed by atoms with Crippen LogP contribution in [0.25, 0.3) is 32.9 Å². The fourth-order valence-electron chi connectivity index (χ4n) is 3.09. The molecule has 0 aliphatic heterocycles. The maximum absolute atomic E-state index is 5.71. The molecule has 0 amide bonds. The second kappa shape index (κ2) is 6.32. The number of aromatic nitrogens is 1.